The van der Waals surface area contributed by atoms with E-state index in [1.165, 1.54) is 6.07 Å². The summed E-state index contributed by atoms with van der Waals surface area (Å²) in [7, 11) is 0. The van der Waals surface area contributed by atoms with Crippen LogP contribution < -0.4 is 0 Å². The van der Waals surface area contributed by atoms with Crippen LogP contribution in [0.4, 0.5) is 0 Å². The topological polar surface area (TPSA) is 81.1 Å². The molecule has 0 atom stereocenters. The zero-order valence-corrected chi connectivity index (χ0v) is 7.12. The lowest BCUT2D eigenvalue weighted by atomic mass is 10.4. The Morgan fingerprint density at radius 2 is 2.43 bits per heavy atom. The van der Waals surface area contributed by atoms with Crippen molar-refractivity contribution < 1.29 is 14.3 Å². The summed E-state index contributed by atoms with van der Waals surface area (Å²) in [6, 6.07) is 3.01. The Morgan fingerprint density at radius 1 is 1.57 bits per heavy atom. The quantitative estimate of drug-likeness (QED) is 0.772. The van der Waals surface area contributed by atoms with E-state index in [4.69, 9.17) is 9.52 Å². The summed E-state index contributed by atoms with van der Waals surface area (Å²) >= 11 is 0. The second-order valence-electron chi connectivity index (χ2n) is 2.67. The first-order valence-corrected chi connectivity index (χ1v) is 3.92. The summed E-state index contributed by atoms with van der Waals surface area (Å²) in [5.74, 6) is -0.608. The second-order valence-corrected chi connectivity index (χ2v) is 2.67. The SMILES string of the molecule is O=C(O)c1ccc(Cn2ccnn2)o1. The van der Waals surface area contributed by atoms with Crippen molar-refractivity contribution in [3.63, 3.8) is 0 Å². The standard InChI is InChI=1S/C8H7N3O3/c12-8(13)7-2-1-6(14-7)5-11-4-3-9-10-11/h1-4H,5H2,(H,12,13). The first kappa shape index (κ1) is 8.49. The molecule has 0 radical (unpaired) electrons. The highest BCUT2D eigenvalue weighted by molar-refractivity contribution is 5.84. The molecule has 6 nitrogen and oxygen atoms in total. The van der Waals surface area contributed by atoms with Gasteiger partial charge in [-0.2, -0.15) is 0 Å². The Bertz CT molecular complexity index is 432. The molecule has 0 aliphatic carbocycles. The molecule has 0 aromatic carbocycles. The van der Waals surface area contributed by atoms with E-state index in [-0.39, 0.29) is 5.76 Å². The van der Waals surface area contributed by atoms with E-state index in [1.807, 2.05) is 0 Å². The van der Waals surface area contributed by atoms with Crippen molar-refractivity contribution in [2.24, 2.45) is 0 Å². The van der Waals surface area contributed by atoms with Crippen molar-refractivity contribution in [2.75, 3.05) is 0 Å². The Kier molecular flexibility index (Phi) is 2.02. The van der Waals surface area contributed by atoms with Gasteiger partial charge in [0.05, 0.1) is 6.20 Å². The van der Waals surface area contributed by atoms with Crippen LogP contribution in [0.1, 0.15) is 16.3 Å². The maximum atomic E-state index is 10.5. The zero-order valence-electron chi connectivity index (χ0n) is 7.12. The predicted octanol–water partition coefficient (Wildman–Crippen LogP) is 0.618. The minimum Gasteiger partial charge on any atom is -0.475 e. The third kappa shape index (κ3) is 1.63. The zero-order chi connectivity index (χ0) is 9.97. The number of nitrogens with zero attached hydrogens (tertiary/aromatic N) is 3. The first-order chi connectivity index (χ1) is 6.75. The van der Waals surface area contributed by atoms with Crippen LogP contribution in [0.2, 0.25) is 0 Å². The van der Waals surface area contributed by atoms with Crippen LogP contribution in [0, 0.1) is 0 Å². The van der Waals surface area contributed by atoms with Crippen LogP contribution in [-0.4, -0.2) is 26.1 Å². The van der Waals surface area contributed by atoms with Gasteiger partial charge in [0.25, 0.3) is 0 Å². The van der Waals surface area contributed by atoms with Gasteiger partial charge in [0, 0.05) is 6.20 Å². The molecule has 2 heterocycles. The molecule has 0 unspecified atom stereocenters. The molecule has 0 spiro atoms. The van der Waals surface area contributed by atoms with Crippen molar-refractivity contribution in [2.45, 2.75) is 6.54 Å². The molecule has 0 aliphatic rings. The summed E-state index contributed by atoms with van der Waals surface area (Å²) in [4.78, 5) is 10.5. The summed E-state index contributed by atoms with van der Waals surface area (Å²) in [5.41, 5.74) is 0. The van der Waals surface area contributed by atoms with Gasteiger partial charge in [0.1, 0.15) is 12.3 Å². The summed E-state index contributed by atoms with van der Waals surface area (Å²) in [6.07, 6.45) is 3.21. The molecule has 6 heteroatoms. The van der Waals surface area contributed by atoms with Crippen molar-refractivity contribution in [1.29, 1.82) is 0 Å². The molecule has 0 bridgehead atoms. The lowest BCUT2D eigenvalue weighted by Crippen LogP contribution is -1.99. The number of carboxylic acid groups (broad SMARTS) is 1. The molecule has 2 rings (SSSR count). The number of carbonyl (C=O) groups is 1. The molecular formula is C8H7N3O3. The Hall–Kier alpha value is -2.11. The van der Waals surface area contributed by atoms with Gasteiger partial charge in [0.2, 0.25) is 5.76 Å². The van der Waals surface area contributed by atoms with E-state index in [9.17, 15) is 4.79 Å². The van der Waals surface area contributed by atoms with Crippen molar-refractivity contribution in [1.82, 2.24) is 15.0 Å². The molecule has 1 N–H and O–H groups in total. The van der Waals surface area contributed by atoms with E-state index in [2.05, 4.69) is 10.3 Å². The number of hydrogen-bond donors (Lipinski definition) is 1. The highest BCUT2D eigenvalue weighted by atomic mass is 16.4. The van der Waals surface area contributed by atoms with Crippen molar-refractivity contribution >= 4 is 5.97 Å². The van der Waals surface area contributed by atoms with Crippen LogP contribution >= 0.6 is 0 Å². The fraction of sp³-hybridized carbons (Fsp3) is 0.125. The lowest BCUT2D eigenvalue weighted by Gasteiger charge is -1.94. The summed E-state index contributed by atoms with van der Waals surface area (Å²) in [6.45, 7) is 0.382. The highest BCUT2D eigenvalue weighted by Gasteiger charge is 2.08. The van der Waals surface area contributed by atoms with Gasteiger partial charge in [-0.05, 0) is 12.1 Å². The van der Waals surface area contributed by atoms with Crippen LogP contribution in [0.3, 0.4) is 0 Å². The molecule has 72 valence electrons. The average molecular weight is 193 g/mol. The minimum absolute atomic E-state index is 0.0693. The molecule has 0 saturated heterocycles. The van der Waals surface area contributed by atoms with Gasteiger partial charge in [-0.1, -0.05) is 5.21 Å². The predicted molar refractivity (Wildman–Crippen MR) is 44.8 cm³/mol. The maximum Gasteiger partial charge on any atom is 0.371 e. The smallest absolute Gasteiger partial charge is 0.371 e. The second kappa shape index (κ2) is 3.33. The molecule has 2 aromatic rings. The number of aromatic carboxylic acids is 1. The first-order valence-electron chi connectivity index (χ1n) is 3.92. The third-order valence-electron chi connectivity index (χ3n) is 1.66. The molecule has 0 aliphatic heterocycles. The number of aromatic nitrogens is 3. The van der Waals surface area contributed by atoms with E-state index in [1.54, 1.807) is 23.1 Å². The minimum atomic E-state index is -1.07. The third-order valence-corrected chi connectivity index (χ3v) is 1.66. The van der Waals surface area contributed by atoms with Crippen LogP contribution in [-0.2, 0) is 6.54 Å². The molecule has 2 aromatic heterocycles. The van der Waals surface area contributed by atoms with E-state index >= 15 is 0 Å². The van der Waals surface area contributed by atoms with Gasteiger partial charge in [-0.3, -0.25) is 0 Å². The monoisotopic (exact) mass is 193 g/mol. The Labute approximate surface area is 78.8 Å². The Balaban J connectivity index is 2.14. The number of hydrogen-bond acceptors (Lipinski definition) is 4. The average Bonchev–Trinajstić information content (AvgIpc) is 2.75. The normalized spacial score (nSPS) is 10.3. The van der Waals surface area contributed by atoms with E-state index < -0.39 is 5.97 Å². The van der Waals surface area contributed by atoms with Crippen LogP contribution in [0.25, 0.3) is 0 Å². The maximum absolute atomic E-state index is 10.5. The fourth-order valence-electron chi connectivity index (χ4n) is 1.05. The van der Waals surface area contributed by atoms with Gasteiger partial charge in [-0.15, -0.1) is 5.10 Å². The largest absolute Gasteiger partial charge is 0.475 e. The summed E-state index contributed by atoms with van der Waals surface area (Å²) in [5, 5.41) is 15.9. The van der Waals surface area contributed by atoms with Crippen molar-refractivity contribution in [3.8, 4) is 0 Å². The molecule has 0 fully saturated rings. The van der Waals surface area contributed by atoms with E-state index in [0.717, 1.165) is 0 Å². The molecule has 14 heavy (non-hydrogen) atoms. The van der Waals surface area contributed by atoms with Crippen LogP contribution in [0.5, 0.6) is 0 Å². The van der Waals surface area contributed by atoms with E-state index in [0.29, 0.717) is 12.3 Å². The highest BCUT2D eigenvalue weighted by Crippen LogP contribution is 2.08. The number of carboxylic acids is 1. The van der Waals surface area contributed by atoms with Gasteiger partial charge in [-0.25, -0.2) is 9.48 Å². The molecule has 0 saturated carbocycles. The van der Waals surface area contributed by atoms with Crippen molar-refractivity contribution in [3.05, 3.63) is 36.0 Å². The number of rotatable bonds is 3. The molecule has 0 amide bonds. The van der Waals surface area contributed by atoms with Crippen LogP contribution in [0.15, 0.2) is 28.9 Å². The lowest BCUT2D eigenvalue weighted by molar-refractivity contribution is 0.0660. The number of furan rings is 1. The molecular weight excluding hydrogens is 186 g/mol. The van der Waals surface area contributed by atoms with Gasteiger partial charge < -0.3 is 9.52 Å². The Morgan fingerprint density at radius 3 is 3.00 bits per heavy atom. The van der Waals surface area contributed by atoms with Gasteiger partial charge >= 0.3 is 5.97 Å². The fourth-order valence-corrected chi connectivity index (χ4v) is 1.05. The van der Waals surface area contributed by atoms with Gasteiger partial charge in [0.15, 0.2) is 0 Å². The summed E-state index contributed by atoms with van der Waals surface area (Å²) < 4.78 is 6.58.